The normalized spacial score (nSPS) is 23.0. The number of aryl methyl sites for hydroxylation is 2. The van der Waals surface area contributed by atoms with E-state index in [1.807, 2.05) is 47.7 Å². The second-order valence-corrected chi connectivity index (χ2v) is 6.65. The van der Waals surface area contributed by atoms with E-state index in [0.717, 1.165) is 42.3 Å². The Kier molecular flexibility index (Phi) is 3.75. The first-order valence-corrected chi connectivity index (χ1v) is 8.55. The zero-order valence-corrected chi connectivity index (χ0v) is 14.1. The zero-order valence-electron chi connectivity index (χ0n) is 14.1. The number of hydrogen-bond acceptors (Lipinski definition) is 4. The van der Waals surface area contributed by atoms with Gasteiger partial charge >= 0.3 is 0 Å². The van der Waals surface area contributed by atoms with Crippen molar-refractivity contribution in [2.45, 2.75) is 45.3 Å². The Bertz CT molecular complexity index is 745. The van der Waals surface area contributed by atoms with Crippen molar-refractivity contribution in [2.24, 2.45) is 0 Å². The number of carbonyl (C=O) groups excluding carboxylic acids is 1. The molecule has 0 aliphatic carbocycles. The molecular weight excluding hydrogens is 304 g/mol. The molecule has 0 spiro atoms. The molecule has 6 heteroatoms. The average Bonchev–Trinajstić information content (AvgIpc) is 3.17. The minimum absolute atomic E-state index is 0.0883. The Morgan fingerprint density at radius 1 is 1.29 bits per heavy atom. The van der Waals surface area contributed by atoms with Crippen LogP contribution in [-0.2, 0) is 11.2 Å². The van der Waals surface area contributed by atoms with Crippen molar-refractivity contribution in [2.75, 3.05) is 13.1 Å². The van der Waals surface area contributed by atoms with Crippen LogP contribution in [0.5, 0.6) is 5.75 Å². The Hall–Kier alpha value is -2.37. The van der Waals surface area contributed by atoms with Crippen LogP contribution in [0.2, 0.25) is 0 Å². The van der Waals surface area contributed by atoms with Gasteiger partial charge in [0, 0.05) is 19.5 Å². The van der Waals surface area contributed by atoms with Gasteiger partial charge in [0.15, 0.2) is 6.10 Å². The maximum Gasteiger partial charge on any atom is 0.264 e. The van der Waals surface area contributed by atoms with Crippen LogP contribution in [0.25, 0.3) is 0 Å². The van der Waals surface area contributed by atoms with E-state index in [-0.39, 0.29) is 18.1 Å². The molecule has 1 aromatic heterocycles. The van der Waals surface area contributed by atoms with Gasteiger partial charge in [0.1, 0.15) is 17.4 Å². The molecule has 4 rings (SSSR count). The van der Waals surface area contributed by atoms with Gasteiger partial charge in [0.25, 0.3) is 5.91 Å². The molecule has 0 N–H and O–H groups in total. The summed E-state index contributed by atoms with van der Waals surface area (Å²) in [6.07, 6.45) is 2.28. The number of benzene rings is 1. The first-order chi connectivity index (χ1) is 11.6. The Labute approximate surface area is 141 Å². The molecule has 1 amide bonds. The molecule has 2 aromatic rings. The van der Waals surface area contributed by atoms with E-state index < -0.39 is 0 Å². The monoisotopic (exact) mass is 326 g/mol. The smallest absolute Gasteiger partial charge is 0.264 e. The molecule has 0 unspecified atom stereocenters. The fourth-order valence-electron chi connectivity index (χ4n) is 3.76. The lowest BCUT2D eigenvalue weighted by Gasteiger charge is -2.34. The minimum Gasteiger partial charge on any atom is -0.480 e. The summed E-state index contributed by atoms with van der Waals surface area (Å²) < 4.78 is 7.84. The molecule has 2 aliphatic heterocycles. The van der Waals surface area contributed by atoms with Gasteiger partial charge in [-0.3, -0.25) is 4.79 Å². The predicted molar refractivity (Wildman–Crippen MR) is 88.9 cm³/mol. The number of hydrogen-bond donors (Lipinski definition) is 0. The Balaban J connectivity index is 1.47. The van der Waals surface area contributed by atoms with Gasteiger partial charge in [-0.1, -0.05) is 18.2 Å². The van der Waals surface area contributed by atoms with Crippen molar-refractivity contribution in [1.82, 2.24) is 19.7 Å². The van der Waals surface area contributed by atoms with Gasteiger partial charge in [0.05, 0.1) is 6.04 Å². The van der Waals surface area contributed by atoms with Gasteiger partial charge < -0.3 is 9.64 Å². The first-order valence-electron chi connectivity index (χ1n) is 8.55. The number of carbonyl (C=O) groups is 1. The van der Waals surface area contributed by atoms with E-state index in [9.17, 15) is 4.79 Å². The number of fused-ring (bicyclic) bond motifs is 1. The summed E-state index contributed by atoms with van der Waals surface area (Å²) in [7, 11) is 0. The van der Waals surface area contributed by atoms with Crippen molar-refractivity contribution < 1.29 is 9.53 Å². The zero-order chi connectivity index (χ0) is 16.7. The number of rotatable bonds is 2. The SMILES string of the molecule is Cc1nc(C)n([C@@H]2CCCN(C(=O)[C@H]3Cc4ccccc4O3)C2)n1. The summed E-state index contributed by atoms with van der Waals surface area (Å²) in [6.45, 7) is 5.34. The maximum atomic E-state index is 12.9. The maximum absolute atomic E-state index is 12.9. The predicted octanol–water partition coefficient (Wildman–Crippen LogP) is 2.06. The molecular formula is C18H22N4O2. The quantitative estimate of drug-likeness (QED) is 0.847. The molecule has 1 aromatic carbocycles. The second-order valence-electron chi connectivity index (χ2n) is 6.65. The first kappa shape index (κ1) is 15.2. The van der Waals surface area contributed by atoms with E-state index in [4.69, 9.17) is 4.74 Å². The Morgan fingerprint density at radius 2 is 2.12 bits per heavy atom. The molecule has 2 atom stereocenters. The van der Waals surface area contributed by atoms with Crippen molar-refractivity contribution in [3.05, 3.63) is 41.5 Å². The van der Waals surface area contributed by atoms with Crippen LogP contribution in [0.15, 0.2) is 24.3 Å². The number of amides is 1. The van der Waals surface area contributed by atoms with Gasteiger partial charge in [0.2, 0.25) is 0 Å². The Morgan fingerprint density at radius 3 is 2.88 bits per heavy atom. The third-order valence-corrected chi connectivity index (χ3v) is 4.88. The van der Waals surface area contributed by atoms with E-state index in [2.05, 4.69) is 10.1 Å². The summed E-state index contributed by atoms with van der Waals surface area (Å²) in [5.41, 5.74) is 1.12. The number of piperidine rings is 1. The van der Waals surface area contributed by atoms with Crippen molar-refractivity contribution in [3.63, 3.8) is 0 Å². The second kappa shape index (κ2) is 5.92. The highest BCUT2D eigenvalue weighted by molar-refractivity contribution is 5.82. The fourth-order valence-corrected chi connectivity index (χ4v) is 3.76. The lowest BCUT2D eigenvalue weighted by atomic mass is 10.0. The van der Waals surface area contributed by atoms with Crippen LogP contribution in [0.4, 0.5) is 0 Å². The molecule has 2 aliphatic rings. The van der Waals surface area contributed by atoms with Crippen LogP contribution in [0.3, 0.4) is 0 Å². The molecule has 126 valence electrons. The molecule has 3 heterocycles. The summed E-state index contributed by atoms with van der Waals surface area (Å²) in [6, 6.07) is 8.10. The lowest BCUT2D eigenvalue weighted by Crippen LogP contribution is -2.47. The van der Waals surface area contributed by atoms with E-state index >= 15 is 0 Å². The molecule has 0 radical (unpaired) electrons. The molecule has 24 heavy (non-hydrogen) atoms. The molecule has 1 saturated heterocycles. The molecule has 6 nitrogen and oxygen atoms in total. The van der Waals surface area contributed by atoms with Crippen LogP contribution < -0.4 is 4.74 Å². The highest BCUT2D eigenvalue weighted by atomic mass is 16.5. The van der Waals surface area contributed by atoms with Crippen molar-refractivity contribution in [3.8, 4) is 5.75 Å². The molecule has 0 saturated carbocycles. The largest absolute Gasteiger partial charge is 0.480 e. The van der Waals surface area contributed by atoms with E-state index in [0.29, 0.717) is 13.0 Å². The van der Waals surface area contributed by atoms with Crippen LogP contribution in [0.1, 0.15) is 36.1 Å². The highest BCUT2D eigenvalue weighted by Gasteiger charge is 2.35. The fraction of sp³-hybridized carbons (Fsp3) is 0.500. The minimum atomic E-state index is -0.389. The standard InChI is InChI=1S/C18H22N4O2/c1-12-19-13(2)22(20-12)15-7-5-9-21(11-15)18(23)17-10-14-6-3-4-8-16(14)24-17/h3-4,6,8,15,17H,5,7,9-11H2,1-2H3/t15-,17-/m1/s1. The van der Waals surface area contributed by atoms with E-state index in [1.54, 1.807) is 0 Å². The summed E-state index contributed by atoms with van der Waals surface area (Å²) in [4.78, 5) is 19.2. The van der Waals surface area contributed by atoms with Gasteiger partial charge in [-0.05, 0) is 38.3 Å². The van der Waals surface area contributed by atoms with Crippen molar-refractivity contribution >= 4 is 5.91 Å². The van der Waals surface area contributed by atoms with Crippen LogP contribution in [0, 0.1) is 13.8 Å². The summed E-state index contributed by atoms with van der Waals surface area (Å²) in [5.74, 6) is 2.62. The van der Waals surface area contributed by atoms with Gasteiger partial charge in [-0.2, -0.15) is 5.10 Å². The molecule has 1 fully saturated rings. The van der Waals surface area contributed by atoms with Gasteiger partial charge in [-0.25, -0.2) is 9.67 Å². The lowest BCUT2D eigenvalue weighted by molar-refractivity contribution is -0.139. The van der Waals surface area contributed by atoms with Gasteiger partial charge in [-0.15, -0.1) is 0 Å². The average molecular weight is 326 g/mol. The number of ether oxygens (including phenoxy) is 1. The summed E-state index contributed by atoms with van der Waals surface area (Å²) >= 11 is 0. The summed E-state index contributed by atoms with van der Waals surface area (Å²) in [5, 5.41) is 4.49. The van der Waals surface area contributed by atoms with Crippen molar-refractivity contribution in [1.29, 1.82) is 0 Å². The third kappa shape index (κ3) is 2.66. The topological polar surface area (TPSA) is 60.2 Å². The number of para-hydroxylation sites is 1. The van der Waals surface area contributed by atoms with Crippen LogP contribution >= 0.6 is 0 Å². The number of likely N-dealkylation sites (tertiary alicyclic amines) is 1. The molecule has 0 bridgehead atoms. The van der Waals surface area contributed by atoms with E-state index in [1.165, 1.54) is 0 Å². The number of nitrogens with zero attached hydrogens (tertiary/aromatic N) is 4. The number of aromatic nitrogens is 3. The van der Waals surface area contributed by atoms with Crippen LogP contribution in [-0.4, -0.2) is 44.8 Å². The highest BCUT2D eigenvalue weighted by Crippen LogP contribution is 2.30. The third-order valence-electron chi connectivity index (χ3n) is 4.88.